The van der Waals surface area contributed by atoms with Gasteiger partial charge in [-0.2, -0.15) is 10.2 Å². The van der Waals surface area contributed by atoms with Gasteiger partial charge >= 0.3 is 0 Å². The van der Waals surface area contributed by atoms with Gasteiger partial charge in [0, 0.05) is 32.3 Å². The van der Waals surface area contributed by atoms with Crippen molar-refractivity contribution >= 4 is 0 Å². The third-order valence-corrected chi connectivity index (χ3v) is 5.56. The van der Waals surface area contributed by atoms with Gasteiger partial charge in [0.05, 0.1) is 11.4 Å². The summed E-state index contributed by atoms with van der Waals surface area (Å²) in [4.78, 5) is 26.1. The van der Waals surface area contributed by atoms with Crippen LogP contribution >= 0.6 is 0 Å². The average Bonchev–Trinajstić information content (AvgIpc) is 3.07. The molecule has 0 atom stereocenters. The first-order valence-electron chi connectivity index (χ1n) is 9.44. The number of rotatable bonds is 4. The van der Waals surface area contributed by atoms with E-state index < -0.39 is 0 Å². The van der Waals surface area contributed by atoms with E-state index in [1.165, 1.54) is 4.68 Å². The van der Waals surface area contributed by atoms with Crippen molar-refractivity contribution in [2.24, 2.45) is 13.0 Å². The summed E-state index contributed by atoms with van der Waals surface area (Å²) in [5.41, 5.74) is 3.14. The van der Waals surface area contributed by atoms with Crippen LogP contribution in [0.1, 0.15) is 36.2 Å². The highest BCUT2D eigenvalue weighted by Gasteiger charge is 2.22. The first kappa shape index (κ1) is 17.1. The van der Waals surface area contributed by atoms with Crippen LogP contribution in [0.3, 0.4) is 0 Å². The molecule has 1 saturated heterocycles. The van der Waals surface area contributed by atoms with Crippen molar-refractivity contribution in [2.75, 3.05) is 13.1 Å². The first-order valence-corrected chi connectivity index (χ1v) is 9.44. The molecule has 0 N–H and O–H groups in total. The van der Waals surface area contributed by atoms with E-state index in [1.54, 1.807) is 23.9 Å². The van der Waals surface area contributed by atoms with Crippen molar-refractivity contribution < 1.29 is 0 Å². The van der Waals surface area contributed by atoms with Gasteiger partial charge in [-0.05, 0) is 62.7 Å². The zero-order valence-electron chi connectivity index (χ0n) is 15.2. The van der Waals surface area contributed by atoms with Crippen LogP contribution in [0, 0.1) is 5.92 Å². The van der Waals surface area contributed by atoms with E-state index in [0.29, 0.717) is 5.92 Å². The number of aromatic nitrogens is 4. The Bertz CT molecular complexity index is 909. The molecule has 0 unspecified atom stereocenters. The number of piperidine rings is 1. The van der Waals surface area contributed by atoms with Crippen LogP contribution in [0.4, 0.5) is 0 Å². The molecule has 0 bridgehead atoms. The lowest BCUT2D eigenvalue weighted by Gasteiger charge is -2.31. The first-order chi connectivity index (χ1) is 12.6. The molecular weight excluding hydrogens is 330 g/mol. The highest BCUT2D eigenvalue weighted by atomic mass is 16.1. The molecule has 0 spiro atoms. The van der Waals surface area contributed by atoms with Crippen LogP contribution in [0.5, 0.6) is 0 Å². The molecule has 4 rings (SSSR count). The van der Waals surface area contributed by atoms with Crippen molar-refractivity contribution in [1.29, 1.82) is 0 Å². The molecule has 7 nitrogen and oxygen atoms in total. The maximum atomic E-state index is 12.3. The Morgan fingerprint density at radius 3 is 2.65 bits per heavy atom. The molecule has 0 aromatic carbocycles. The Balaban J connectivity index is 1.34. The second kappa shape index (κ2) is 7.15. The standard InChI is InChI=1S/C19H25N5O2/c1-22-18(25)6-5-16(20-22)13-23-9-7-14(8-10-23)12-24-19(26)11-15-3-2-4-17(15)21-24/h5-6,11,14H,2-4,7-10,12-13H2,1H3. The van der Waals surface area contributed by atoms with Gasteiger partial charge in [0.15, 0.2) is 0 Å². The van der Waals surface area contributed by atoms with Crippen LogP contribution in [-0.2, 0) is 33.0 Å². The second-order valence-electron chi connectivity index (χ2n) is 7.50. The van der Waals surface area contributed by atoms with Gasteiger partial charge in [0.25, 0.3) is 11.1 Å². The number of hydrogen-bond acceptors (Lipinski definition) is 5. The summed E-state index contributed by atoms with van der Waals surface area (Å²) in [5.74, 6) is 0.490. The molecule has 1 aliphatic carbocycles. The van der Waals surface area contributed by atoms with Gasteiger partial charge < -0.3 is 0 Å². The smallest absolute Gasteiger partial charge is 0.267 e. The van der Waals surface area contributed by atoms with E-state index >= 15 is 0 Å². The predicted molar refractivity (Wildman–Crippen MR) is 98.0 cm³/mol. The van der Waals surface area contributed by atoms with E-state index in [0.717, 1.165) is 75.2 Å². The summed E-state index contributed by atoms with van der Waals surface area (Å²) in [6.45, 7) is 3.44. The Hall–Kier alpha value is -2.28. The lowest BCUT2D eigenvalue weighted by atomic mass is 9.96. The van der Waals surface area contributed by atoms with Crippen LogP contribution in [0.15, 0.2) is 27.8 Å². The molecule has 1 aliphatic heterocycles. The summed E-state index contributed by atoms with van der Waals surface area (Å²) in [5, 5.41) is 8.91. The number of likely N-dealkylation sites (tertiary alicyclic amines) is 1. The minimum Gasteiger partial charge on any atom is -0.297 e. The zero-order chi connectivity index (χ0) is 18.1. The highest BCUT2D eigenvalue weighted by Crippen LogP contribution is 2.21. The summed E-state index contributed by atoms with van der Waals surface area (Å²) >= 11 is 0. The molecule has 1 fully saturated rings. The Morgan fingerprint density at radius 1 is 1.08 bits per heavy atom. The third-order valence-electron chi connectivity index (χ3n) is 5.56. The van der Waals surface area contributed by atoms with E-state index in [1.807, 2.05) is 6.07 Å². The fraction of sp³-hybridized carbons (Fsp3) is 0.579. The van der Waals surface area contributed by atoms with Gasteiger partial charge in [0.2, 0.25) is 0 Å². The largest absolute Gasteiger partial charge is 0.297 e. The van der Waals surface area contributed by atoms with Gasteiger partial charge in [-0.25, -0.2) is 9.36 Å². The number of hydrogen-bond donors (Lipinski definition) is 0. The van der Waals surface area contributed by atoms with Crippen LogP contribution in [0.2, 0.25) is 0 Å². The van der Waals surface area contributed by atoms with Crippen molar-refractivity contribution in [3.8, 4) is 0 Å². The number of nitrogens with zero attached hydrogens (tertiary/aromatic N) is 5. The Labute approximate surface area is 152 Å². The average molecular weight is 355 g/mol. The van der Waals surface area contributed by atoms with E-state index in [9.17, 15) is 9.59 Å². The lowest BCUT2D eigenvalue weighted by Crippen LogP contribution is -2.37. The normalized spacial score (nSPS) is 18.2. The van der Waals surface area contributed by atoms with Gasteiger partial charge in [-0.3, -0.25) is 14.5 Å². The van der Waals surface area contributed by atoms with Crippen molar-refractivity contribution in [1.82, 2.24) is 24.5 Å². The Morgan fingerprint density at radius 2 is 1.88 bits per heavy atom. The fourth-order valence-corrected chi connectivity index (χ4v) is 4.01. The summed E-state index contributed by atoms with van der Waals surface area (Å²) in [6, 6.07) is 5.17. The van der Waals surface area contributed by atoms with Gasteiger partial charge in [-0.1, -0.05) is 0 Å². The van der Waals surface area contributed by atoms with Crippen LogP contribution in [0.25, 0.3) is 0 Å². The molecule has 0 amide bonds. The quantitative estimate of drug-likeness (QED) is 0.809. The minimum atomic E-state index is -0.0836. The van der Waals surface area contributed by atoms with Crippen LogP contribution in [-0.4, -0.2) is 37.6 Å². The predicted octanol–water partition coefficient (Wildman–Crippen LogP) is 0.738. The monoisotopic (exact) mass is 355 g/mol. The summed E-state index contributed by atoms with van der Waals surface area (Å²) in [7, 11) is 1.68. The lowest BCUT2D eigenvalue weighted by molar-refractivity contribution is 0.161. The fourth-order valence-electron chi connectivity index (χ4n) is 4.01. The summed E-state index contributed by atoms with van der Waals surface area (Å²) in [6.07, 6.45) is 5.22. The Kier molecular flexibility index (Phi) is 4.72. The molecule has 0 radical (unpaired) electrons. The molecule has 2 aromatic rings. The topological polar surface area (TPSA) is 73.0 Å². The van der Waals surface area contributed by atoms with Gasteiger partial charge in [-0.15, -0.1) is 0 Å². The highest BCUT2D eigenvalue weighted by molar-refractivity contribution is 5.22. The van der Waals surface area contributed by atoms with Crippen molar-refractivity contribution in [2.45, 2.75) is 45.2 Å². The van der Waals surface area contributed by atoms with Crippen molar-refractivity contribution in [3.05, 3.63) is 55.9 Å². The molecule has 138 valence electrons. The molecule has 7 heteroatoms. The van der Waals surface area contributed by atoms with Crippen molar-refractivity contribution in [3.63, 3.8) is 0 Å². The molecular formula is C19H25N5O2. The van der Waals surface area contributed by atoms with Crippen LogP contribution < -0.4 is 11.1 Å². The molecule has 2 aliphatic rings. The maximum absolute atomic E-state index is 12.3. The van der Waals surface area contributed by atoms with E-state index in [-0.39, 0.29) is 11.1 Å². The zero-order valence-corrected chi connectivity index (χ0v) is 15.2. The van der Waals surface area contributed by atoms with E-state index in [4.69, 9.17) is 0 Å². The van der Waals surface area contributed by atoms with E-state index in [2.05, 4.69) is 15.1 Å². The molecule has 3 heterocycles. The summed E-state index contributed by atoms with van der Waals surface area (Å²) < 4.78 is 3.06. The molecule has 26 heavy (non-hydrogen) atoms. The minimum absolute atomic E-state index is 0.0440. The maximum Gasteiger partial charge on any atom is 0.267 e. The number of fused-ring (bicyclic) bond motifs is 1. The SMILES string of the molecule is Cn1nc(CN2CCC(Cn3nc4c(cc3=O)CCC4)CC2)ccc1=O. The molecule has 2 aromatic heterocycles. The molecule has 0 saturated carbocycles. The second-order valence-corrected chi connectivity index (χ2v) is 7.50. The van der Waals surface area contributed by atoms with Gasteiger partial charge in [0.1, 0.15) is 0 Å². The third kappa shape index (κ3) is 3.62. The number of aryl methyl sites for hydroxylation is 3.